The minimum atomic E-state index is -4.30. The number of amides is 2. The van der Waals surface area contributed by atoms with Crippen molar-refractivity contribution in [2.45, 2.75) is 24.3 Å². The largest absolute Gasteiger partial charge is 0.494 e. The molecule has 3 aromatic rings. The van der Waals surface area contributed by atoms with Crippen LogP contribution in [0.2, 0.25) is 0 Å². The monoisotopic (exact) mass is 483 g/mol. The molecule has 0 spiro atoms. The van der Waals surface area contributed by atoms with E-state index in [2.05, 4.69) is 10.6 Å². The smallest absolute Gasteiger partial charge is 0.265 e. The quantitative estimate of drug-likeness (QED) is 0.532. The third-order valence-electron chi connectivity index (χ3n) is 5.18. The van der Waals surface area contributed by atoms with Crippen LogP contribution >= 0.6 is 0 Å². The lowest BCUT2D eigenvalue weighted by atomic mass is 10.1. The van der Waals surface area contributed by atoms with Crippen molar-refractivity contribution in [3.63, 3.8) is 0 Å². The molecule has 2 N–H and O–H groups in total. The van der Waals surface area contributed by atoms with Gasteiger partial charge in [-0.2, -0.15) is 0 Å². The van der Waals surface area contributed by atoms with Crippen LogP contribution in [0, 0.1) is 5.82 Å². The molecule has 1 aliphatic heterocycles. The molecule has 2 amide bonds. The molecular weight excluding hydrogens is 461 g/mol. The molecule has 0 fully saturated rings. The van der Waals surface area contributed by atoms with E-state index in [4.69, 9.17) is 4.74 Å². The van der Waals surface area contributed by atoms with Crippen molar-refractivity contribution in [3.05, 3.63) is 78.6 Å². The van der Waals surface area contributed by atoms with Gasteiger partial charge in [0.2, 0.25) is 11.8 Å². The summed E-state index contributed by atoms with van der Waals surface area (Å²) in [5, 5.41) is 5.34. The third kappa shape index (κ3) is 4.72. The molecule has 1 heterocycles. The van der Waals surface area contributed by atoms with Crippen LogP contribution in [0.5, 0.6) is 5.75 Å². The van der Waals surface area contributed by atoms with Crippen LogP contribution in [-0.2, 0) is 19.6 Å². The molecule has 1 atom stereocenters. The predicted molar refractivity (Wildman–Crippen MR) is 126 cm³/mol. The number of benzene rings is 3. The van der Waals surface area contributed by atoms with Gasteiger partial charge in [0.05, 0.1) is 29.3 Å². The number of carbonyl (C=O) groups is 2. The number of hydrogen-bond acceptors (Lipinski definition) is 5. The zero-order chi connectivity index (χ0) is 24.3. The number of hydrogen-bond donors (Lipinski definition) is 2. The van der Waals surface area contributed by atoms with Gasteiger partial charge in [-0.25, -0.2) is 12.8 Å². The van der Waals surface area contributed by atoms with E-state index in [1.807, 2.05) is 6.92 Å². The van der Waals surface area contributed by atoms with E-state index >= 15 is 0 Å². The van der Waals surface area contributed by atoms with Crippen LogP contribution in [0.25, 0.3) is 0 Å². The number of anilines is 3. The van der Waals surface area contributed by atoms with E-state index in [-0.39, 0.29) is 10.6 Å². The average Bonchev–Trinajstić information content (AvgIpc) is 2.81. The highest BCUT2D eigenvalue weighted by molar-refractivity contribution is 7.93. The Labute approximate surface area is 196 Å². The molecule has 10 heteroatoms. The molecule has 176 valence electrons. The lowest BCUT2D eigenvalue weighted by Gasteiger charge is -2.36. The second-order valence-electron chi connectivity index (χ2n) is 7.49. The van der Waals surface area contributed by atoms with Crippen LogP contribution in [0.1, 0.15) is 13.3 Å². The number of nitrogens with one attached hydrogen (secondary N) is 2. The summed E-state index contributed by atoms with van der Waals surface area (Å²) in [6.45, 7) is 2.36. The Hall–Kier alpha value is -3.92. The molecule has 1 aliphatic rings. The first-order valence-corrected chi connectivity index (χ1v) is 12.0. The zero-order valence-electron chi connectivity index (χ0n) is 18.2. The first-order valence-electron chi connectivity index (χ1n) is 10.5. The normalized spacial score (nSPS) is 15.3. The van der Waals surface area contributed by atoms with Gasteiger partial charge >= 0.3 is 0 Å². The Morgan fingerprint density at radius 1 is 1.06 bits per heavy atom. The second-order valence-corrected chi connectivity index (χ2v) is 9.30. The van der Waals surface area contributed by atoms with Gasteiger partial charge in [-0.15, -0.1) is 0 Å². The van der Waals surface area contributed by atoms with E-state index in [0.29, 0.717) is 23.7 Å². The zero-order valence-corrected chi connectivity index (χ0v) is 19.0. The van der Waals surface area contributed by atoms with Crippen LogP contribution in [0.4, 0.5) is 21.5 Å². The SMILES string of the molecule is CCOc1ccc(NC(=O)C[C@@H]2C(=O)Nc3ccccc3N2S(=O)(=O)c2ccc(F)cc2)cc1. The van der Waals surface area contributed by atoms with E-state index in [1.165, 1.54) is 6.07 Å². The van der Waals surface area contributed by atoms with Gasteiger partial charge in [0.25, 0.3) is 10.0 Å². The maximum atomic E-state index is 13.5. The molecule has 0 aromatic heterocycles. The number of carbonyl (C=O) groups excluding carboxylic acids is 2. The summed E-state index contributed by atoms with van der Waals surface area (Å²) >= 11 is 0. The number of halogens is 1. The highest BCUT2D eigenvalue weighted by atomic mass is 32.2. The molecular formula is C24H22FN3O5S. The fourth-order valence-corrected chi connectivity index (χ4v) is 5.27. The van der Waals surface area contributed by atoms with E-state index in [1.54, 1.807) is 42.5 Å². The number of sulfonamides is 1. The Bertz CT molecular complexity index is 1310. The van der Waals surface area contributed by atoms with Crippen molar-refractivity contribution in [2.24, 2.45) is 0 Å². The topological polar surface area (TPSA) is 105 Å². The molecule has 0 aliphatic carbocycles. The number of nitrogens with zero attached hydrogens (tertiary/aromatic N) is 1. The highest BCUT2D eigenvalue weighted by Gasteiger charge is 2.42. The van der Waals surface area contributed by atoms with Gasteiger partial charge < -0.3 is 15.4 Å². The Morgan fingerprint density at radius 2 is 1.74 bits per heavy atom. The molecule has 8 nitrogen and oxygen atoms in total. The van der Waals surface area contributed by atoms with Gasteiger partial charge in [0, 0.05) is 5.69 Å². The maximum Gasteiger partial charge on any atom is 0.265 e. The molecule has 0 unspecified atom stereocenters. The van der Waals surface area contributed by atoms with E-state index < -0.39 is 40.1 Å². The Morgan fingerprint density at radius 3 is 2.41 bits per heavy atom. The lowest BCUT2D eigenvalue weighted by molar-refractivity contribution is -0.122. The summed E-state index contributed by atoms with van der Waals surface area (Å²) < 4.78 is 46.8. The van der Waals surface area contributed by atoms with Crippen molar-refractivity contribution >= 4 is 38.9 Å². The fourth-order valence-electron chi connectivity index (χ4n) is 3.64. The minimum Gasteiger partial charge on any atom is -0.494 e. The Kier molecular flexibility index (Phi) is 6.51. The van der Waals surface area contributed by atoms with Gasteiger partial charge in [-0.1, -0.05) is 12.1 Å². The predicted octanol–water partition coefficient (Wildman–Crippen LogP) is 3.77. The third-order valence-corrected chi connectivity index (χ3v) is 7.02. The van der Waals surface area contributed by atoms with E-state index in [9.17, 15) is 22.4 Å². The minimum absolute atomic E-state index is 0.199. The molecule has 0 bridgehead atoms. The fraction of sp³-hybridized carbons (Fsp3) is 0.167. The van der Waals surface area contributed by atoms with Gasteiger partial charge in [-0.05, 0) is 67.6 Å². The standard InChI is InChI=1S/C24H22FN3O5S/c1-2-33-18-11-9-17(10-12-18)26-23(29)15-22-24(30)27-20-5-3-4-6-21(20)28(22)34(31,32)19-13-7-16(25)8-14-19/h3-14,22H,2,15H2,1H3,(H,26,29)(H,27,30)/t22-/m1/s1. The molecule has 4 rings (SSSR count). The summed E-state index contributed by atoms with van der Waals surface area (Å²) in [7, 11) is -4.30. The highest BCUT2D eigenvalue weighted by Crippen LogP contribution is 2.37. The average molecular weight is 484 g/mol. The van der Waals surface area contributed by atoms with Crippen LogP contribution < -0.4 is 19.7 Å². The van der Waals surface area contributed by atoms with Crippen molar-refractivity contribution in [1.82, 2.24) is 0 Å². The van der Waals surface area contributed by atoms with Crippen molar-refractivity contribution < 1.29 is 27.1 Å². The second kappa shape index (κ2) is 9.52. The molecule has 0 saturated carbocycles. The molecule has 0 radical (unpaired) electrons. The molecule has 3 aromatic carbocycles. The van der Waals surface area contributed by atoms with Crippen molar-refractivity contribution in [1.29, 1.82) is 0 Å². The van der Waals surface area contributed by atoms with Crippen molar-refractivity contribution in [2.75, 3.05) is 21.5 Å². The molecule has 0 saturated heterocycles. The number of fused-ring (bicyclic) bond motifs is 1. The number of ether oxygens (including phenoxy) is 1. The number of rotatable bonds is 7. The number of para-hydroxylation sites is 2. The Balaban J connectivity index is 1.65. The van der Waals surface area contributed by atoms with Crippen LogP contribution in [0.3, 0.4) is 0 Å². The first-order chi connectivity index (χ1) is 16.3. The van der Waals surface area contributed by atoms with Gasteiger partial charge in [-0.3, -0.25) is 13.9 Å². The van der Waals surface area contributed by atoms with Crippen LogP contribution in [0.15, 0.2) is 77.7 Å². The van der Waals surface area contributed by atoms with Gasteiger partial charge in [0.1, 0.15) is 17.6 Å². The summed E-state index contributed by atoms with van der Waals surface area (Å²) in [6.07, 6.45) is -0.437. The first kappa shape index (κ1) is 23.2. The summed E-state index contributed by atoms with van der Waals surface area (Å²) in [4.78, 5) is 25.5. The van der Waals surface area contributed by atoms with Crippen molar-refractivity contribution in [3.8, 4) is 5.75 Å². The van der Waals surface area contributed by atoms with E-state index in [0.717, 1.165) is 28.6 Å². The summed E-state index contributed by atoms with van der Waals surface area (Å²) in [5.41, 5.74) is 0.977. The lowest BCUT2D eigenvalue weighted by Crippen LogP contribution is -2.52. The summed E-state index contributed by atoms with van der Waals surface area (Å²) in [5.74, 6) is -1.16. The maximum absolute atomic E-state index is 13.5. The van der Waals surface area contributed by atoms with Crippen LogP contribution in [-0.4, -0.2) is 32.9 Å². The summed E-state index contributed by atoms with van der Waals surface area (Å²) in [6, 6.07) is 16.0. The van der Waals surface area contributed by atoms with Gasteiger partial charge in [0.15, 0.2) is 0 Å². The molecule has 34 heavy (non-hydrogen) atoms.